The van der Waals surface area contributed by atoms with E-state index in [9.17, 15) is 8.42 Å². The van der Waals surface area contributed by atoms with Crippen LogP contribution in [0.4, 0.5) is 0 Å². The highest BCUT2D eigenvalue weighted by atomic mass is 32.2. The highest BCUT2D eigenvalue weighted by Crippen LogP contribution is 2.51. The van der Waals surface area contributed by atoms with Crippen LogP contribution in [0, 0.1) is 5.41 Å². The Hall–Kier alpha value is -0.0900. The van der Waals surface area contributed by atoms with Gasteiger partial charge in [0, 0.05) is 12.8 Å². The van der Waals surface area contributed by atoms with Gasteiger partial charge in [-0.3, -0.25) is 0 Å². The van der Waals surface area contributed by atoms with E-state index in [0.717, 1.165) is 0 Å². The van der Waals surface area contributed by atoms with Crippen molar-refractivity contribution in [3.05, 3.63) is 0 Å². The van der Waals surface area contributed by atoms with Crippen LogP contribution in [0.3, 0.4) is 0 Å². The maximum atomic E-state index is 11.4. The van der Waals surface area contributed by atoms with Crippen molar-refractivity contribution in [2.24, 2.45) is 11.1 Å². The Balaban J connectivity index is 2.87. The van der Waals surface area contributed by atoms with Crippen LogP contribution >= 0.6 is 0 Å². The predicted octanol–water partition coefficient (Wildman–Crippen LogP) is 0.549. The Morgan fingerprint density at radius 1 is 1.33 bits per heavy atom. The van der Waals surface area contributed by atoms with Gasteiger partial charge in [0.15, 0.2) is 9.84 Å². The second kappa shape index (κ2) is 2.45. The van der Waals surface area contributed by atoms with E-state index in [2.05, 4.69) is 13.8 Å². The molecule has 0 atom stereocenters. The summed E-state index contributed by atoms with van der Waals surface area (Å²) >= 11 is 0. The van der Waals surface area contributed by atoms with E-state index >= 15 is 0 Å². The van der Waals surface area contributed by atoms with E-state index in [-0.39, 0.29) is 12.0 Å². The smallest absolute Gasteiger partial charge is 0.154 e. The number of hydrogen-bond acceptors (Lipinski definition) is 3. The molecule has 0 aliphatic heterocycles. The molecule has 4 heteroatoms. The van der Waals surface area contributed by atoms with E-state index in [4.69, 9.17) is 5.73 Å². The SMILES string of the molecule is CC1(C)CC(CN)(S(C)(=O)=O)C1. The van der Waals surface area contributed by atoms with Gasteiger partial charge in [-0.1, -0.05) is 13.8 Å². The first kappa shape index (κ1) is 9.99. The van der Waals surface area contributed by atoms with Crippen LogP contribution in [0.15, 0.2) is 0 Å². The molecule has 1 aliphatic rings. The second-order valence-corrected chi connectivity index (χ2v) is 7.09. The molecule has 0 bridgehead atoms. The molecule has 0 radical (unpaired) electrons. The summed E-state index contributed by atoms with van der Waals surface area (Å²) in [6, 6.07) is 0. The molecular formula is C8H17NO2S. The number of hydrogen-bond donors (Lipinski definition) is 1. The summed E-state index contributed by atoms with van der Waals surface area (Å²) in [5.74, 6) is 0. The number of nitrogens with two attached hydrogens (primary N) is 1. The summed E-state index contributed by atoms with van der Waals surface area (Å²) in [7, 11) is -2.97. The summed E-state index contributed by atoms with van der Waals surface area (Å²) in [4.78, 5) is 0. The van der Waals surface area contributed by atoms with E-state index in [1.807, 2.05) is 0 Å². The van der Waals surface area contributed by atoms with Gasteiger partial charge in [-0.05, 0) is 18.3 Å². The third-order valence-electron chi connectivity index (χ3n) is 2.76. The van der Waals surface area contributed by atoms with Crippen LogP contribution in [-0.2, 0) is 9.84 Å². The van der Waals surface area contributed by atoms with E-state index in [1.165, 1.54) is 6.26 Å². The molecule has 0 aromatic carbocycles. The first-order valence-corrected chi connectivity index (χ1v) is 6.01. The molecule has 0 aromatic heterocycles. The van der Waals surface area contributed by atoms with Gasteiger partial charge in [-0.25, -0.2) is 8.42 Å². The van der Waals surface area contributed by atoms with Gasteiger partial charge < -0.3 is 5.73 Å². The maximum absolute atomic E-state index is 11.4. The zero-order chi connectivity index (χ0) is 9.62. The van der Waals surface area contributed by atoms with Crippen molar-refractivity contribution in [3.63, 3.8) is 0 Å². The zero-order valence-corrected chi connectivity index (χ0v) is 8.74. The van der Waals surface area contributed by atoms with Crippen LogP contribution in [0.5, 0.6) is 0 Å². The van der Waals surface area contributed by atoms with Gasteiger partial charge in [-0.15, -0.1) is 0 Å². The average molecular weight is 191 g/mol. The molecule has 0 spiro atoms. The van der Waals surface area contributed by atoms with Crippen molar-refractivity contribution in [2.45, 2.75) is 31.4 Å². The first-order valence-electron chi connectivity index (χ1n) is 4.12. The monoisotopic (exact) mass is 191 g/mol. The molecule has 72 valence electrons. The molecule has 0 amide bonds. The average Bonchev–Trinajstić information content (AvgIpc) is 1.78. The summed E-state index contributed by atoms with van der Waals surface area (Å²) in [5, 5.41) is 0. The van der Waals surface area contributed by atoms with Crippen molar-refractivity contribution < 1.29 is 8.42 Å². The van der Waals surface area contributed by atoms with Crippen molar-refractivity contribution in [1.82, 2.24) is 0 Å². The Morgan fingerprint density at radius 3 is 1.83 bits per heavy atom. The molecule has 0 saturated heterocycles. The zero-order valence-electron chi connectivity index (χ0n) is 7.92. The summed E-state index contributed by atoms with van der Waals surface area (Å²) in [5.41, 5.74) is 5.65. The minimum absolute atomic E-state index is 0.155. The second-order valence-electron chi connectivity index (χ2n) is 4.68. The van der Waals surface area contributed by atoms with Crippen molar-refractivity contribution in [2.75, 3.05) is 12.8 Å². The van der Waals surface area contributed by atoms with E-state index < -0.39 is 14.6 Å². The Morgan fingerprint density at radius 2 is 1.75 bits per heavy atom. The van der Waals surface area contributed by atoms with Crippen LogP contribution in [-0.4, -0.2) is 26.0 Å². The first-order chi connectivity index (χ1) is 5.22. The molecule has 12 heavy (non-hydrogen) atoms. The van der Waals surface area contributed by atoms with Crippen molar-refractivity contribution in [3.8, 4) is 0 Å². The fourth-order valence-corrected chi connectivity index (χ4v) is 3.86. The lowest BCUT2D eigenvalue weighted by Gasteiger charge is -2.51. The van der Waals surface area contributed by atoms with Crippen LogP contribution in [0.25, 0.3) is 0 Å². The fourth-order valence-electron chi connectivity index (χ4n) is 2.25. The molecule has 0 heterocycles. The molecule has 1 saturated carbocycles. The highest BCUT2D eigenvalue weighted by molar-refractivity contribution is 7.92. The topological polar surface area (TPSA) is 60.2 Å². The Bertz CT molecular complexity index is 271. The lowest BCUT2D eigenvalue weighted by Crippen LogP contribution is -2.58. The summed E-state index contributed by atoms with van der Waals surface area (Å²) < 4.78 is 22.1. The summed E-state index contributed by atoms with van der Waals surface area (Å²) in [6.07, 6.45) is 2.69. The van der Waals surface area contributed by atoms with Gasteiger partial charge in [0.1, 0.15) is 0 Å². The standard InChI is InChI=1S/C8H17NO2S/c1-7(2)4-8(5-7,6-9)12(3,10)11/h4-6,9H2,1-3H3. The molecule has 2 N–H and O–H groups in total. The molecular weight excluding hydrogens is 174 g/mol. The van der Waals surface area contributed by atoms with Crippen molar-refractivity contribution in [1.29, 1.82) is 0 Å². The van der Waals surface area contributed by atoms with Gasteiger partial charge in [0.05, 0.1) is 4.75 Å². The third-order valence-corrected chi connectivity index (χ3v) is 4.79. The summed E-state index contributed by atoms with van der Waals surface area (Å²) in [6.45, 7) is 4.41. The predicted molar refractivity (Wildman–Crippen MR) is 49.6 cm³/mol. The molecule has 1 rings (SSSR count). The van der Waals surface area contributed by atoms with Crippen molar-refractivity contribution >= 4 is 9.84 Å². The Kier molecular flexibility index (Phi) is 2.04. The van der Waals surface area contributed by atoms with Gasteiger partial charge >= 0.3 is 0 Å². The quantitative estimate of drug-likeness (QED) is 0.693. The van der Waals surface area contributed by atoms with Crippen LogP contribution < -0.4 is 5.73 Å². The molecule has 0 unspecified atom stereocenters. The Labute approximate surface area is 74.3 Å². The lowest BCUT2D eigenvalue weighted by molar-refractivity contribution is 0.124. The van der Waals surface area contributed by atoms with E-state index in [1.54, 1.807) is 0 Å². The van der Waals surface area contributed by atoms with Crippen LogP contribution in [0.2, 0.25) is 0 Å². The van der Waals surface area contributed by atoms with Crippen LogP contribution in [0.1, 0.15) is 26.7 Å². The normalized spacial score (nSPS) is 26.3. The fraction of sp³-hybridized carbons (Fsp3) is 1.00. The molecule has 3 nitrogen and oxygen atoms in total. The molecule has 1 aliphatic carbocycles. The van der Waals surface area contributed by atoms with Gasteiger partial charge in [0.25, 0.3) is 0 Å². The highest BCUT2D eigenvalue weighted by Gasteiger charge is 2.54. The third kappa shape index (κ3) is 1.38. The van der Waals surface area contributed by atoms with Gasteiger partial charge in [0.2, 0.25) is 0 Å². The molecule has 0 aromatic rings. The minimum atomic E-state index is -2.97. The number of sulfone groups is 1. The van der Waals surface area contributed by atoms with Gasteiger partial charge in [-0.2, -0.15) is 0 Å². The molecule has 1 fully saturated rings. The largest absolute Gasteiger partial charge is 0.329 e. The lowest BCUT2D eigenvalue weighted by atomic mass is 9.64. The van der Waals surface area contributed by atoms with E-state index in [0.29, 0.717) is 12.8 Å². The minimum Gasteiger partial charge on any atom is -0.329 e. The maximum Gasteiger partial charge on any atom is 0.154 e. The number of rotatable bonds is 2.